The molecule has 1 aromatic rings. The van der Waals surface area contributed by atoms with E-state index in [1.165, 1.54) is 12.1 Å². The predicted octanol–water partition coefficient (Wildman–Crippen LogP) is 3.75. The predicted molar refractivity (Wildman–Crippen MR) is 59.5 cm³/mol. The van der Waals surface area contributed by atoms with Crippen LogP contribution in [0.1, 0.15) is 42.6 Å². The van der Waals surface area contributed by atoms with Crippen molar-refractivity contribution in [2.75, 3.05) is 0 Å². The summed E-state index contributed by atoms with van der Waals surface area (Å²) in [7, 11) is 0. The third-order valence-corrected chi connectivity index (χ3v) is 2.72. The molecule has 1 unspecified atom stereocenters. The molecule has 2 heteroatoms. The number of rotatable bonds is 4. The van der Waals surface area contributed by atoms with E-state index in [2.05, 4.69) is 13.8 Å². The Balaban J connectivity index is 2.82. The molecule has 0 radical (unpaired) electrons. The van der Waals surface area contributed by atoms with E-state index in [-0.39, 0.29) is 11.6 Å². The van der Waals surface area contributed by atoms with Gasteiger partial charge in [-0.1, -0.05) is 20.3 Å². The average Bonchev–Trinajstić information content (AvgIpc) is 2.17. The van der Waals surface area contributed by atoms with Crippen LogP contribution in [0.3, 0.4) is 0 Å². The number of benzene rings is 1. The van der Waals surface area contributed by atoms with Crippen LogP contribution in [0.4, 0.5) is 4.39 Å². The van der Waals surface area contributed by atoms with Gasteiger partial charge in [-0.3, -0.25) is 4.79 Å². The SMILES string of the molecule is CCC(C)CC(=O)c1ccc(F)cc1C. The van der Waals surface area contributed by atoms with E-state index in [1.807, 2.05) is 0 Å². The van der Waals surface area contributed by atoms with Crippen molar-refractivity contribution in [3.63, 3.8) is 0 Å². The Labute approximate surface area is 90.3 Å². The Bertz CT molecular complexity index is 358. The second-order valence-electron chi connectivity index (χ2n) is 4.10. The molecule has 82 valence electrons. The van der Waals surface area contributed by atoms with Gasteiger partial charge < -0.3 is 0 Å². The second kappa shape index (κ2) is 5.06. The molecule has 0 heterocycles. The first-order valence-corrected chi connectivity index (χ1v) is 5.34. The summed E-state index contributed by atoms with van der Waals surface area (Å²) in [4.78, 5) is 11.8. The zero-order valence-electron chi connectivity index (χ0n) is 9.51. The van der Waals surface area contributed by atoms with Gasteiger partial charge in [0.1, 0.15) is 5.82 Å². The first-order valence-electron chi connectivity index (χ1n) is 5.34. The van der Waals surface area contributed by atoms with E-state index < -0.39 is 0 Å². The lowest BCUT2D eigenvalue weighted by Crippen LogP contribution is -2.07. The van der Waals surface area contributed by atoms with Gasteiger partial charge in [-0.25, -0.2) is 4.39 Å². The van der Waals surface area contributed by atoms with Crippen LogP contribution >= 0.6 is 0 Å². The standard InChI is InChI=1S/C13H17FO/c1-4-9(2)7-13(15)12-6-5-11(14)8-10(12)3/h5-6,8-9H,4,7H2,1-3H3. The molecule has 0 aromatic heterocycles. The minimum Gasteiger partial charge on any atom is -0.294 e. The van der Waals surface area contributed by atoms with Crippen molar-refractivity contribution < 1.29 is 9.18 Å². The molecule has 1 atom stereocenters. The number of halogens is 1. The topological polar surface area (TPSA) is 17.1 Å². The number of hydrogen-bond acceptors (Lipinski definition) is 1. The Morgan fingerprint density at radius 1 is 1.47 bits per heavy atom. The number of carbonyl (C=O) groups excluding carboxylic acids is 1. The van der Waals surface area contributed by atoms with Crippen molar-refractivity contribution in [3.8, 4) is 0 Å². The lowest BCUT2D eigenvalue weighted by atomic mass is 9.95. The van der Waals surface area contributed by atoms with Gasteiger partial charge in [0, 0.05) is 12.0 Å². The quantitative estimate of drug-likeness (QED) is 0.689. The fourth-order valence-electron chi connectivity index (χ4n) is 1.51. The van der Waals surface area contributed by atoms with Crippen molar-refractivity contribution in [1.29, 1.82) is 0 Å². The van der Waals surface area contributed by atoms with E-state index in [0.717, 1.165) is 12.0 Å². The molecule has 0 bridgehead atoms. The van der Waals surface area contributed by atoms with Crippen molar-refractivity contribution in [2.45, 2.75) is 33.6 Å². The van der Waals surface area contributed by atoms with E-state index in [4.69, 9.17) is 0 Å². The first kappa shape index (κ1) is 11.9. The molecule has 0 N–H and O–H groups in total. The first-order chi connectivity index (χ1) is 7.04. The van der Waals surface area contributed by atoms with Gasteiger partial charge in [0.25, 0.3) is 0 Å². The lowest BCUT2D eigenvalue weighted by Gasteiger charge is -2.09. The number of ketones is 1. The molecule has 1 aromatic carbocycles. The van der Waals surface area contributed by atoms with Crippen LogP contribution in [0.25, 0.3) is 0 Å². The van der Waals surface area contributed by atoms with Crippen LogP contribution < -0.4 is 0 Å². The maximum atomic E-state index is 12.8. The highest BCUT2D eigenvalue weighted by atomic mass is 19.1. The molecule has 0 spiro atoms. The molecule has 0 aliphatic rings. The van der Waals surface area contributed by atoms with Gasteiger partial charge in [0.05, 0.1) is 0 Å². The maximum absolute atomic E-state index is 12.8. The Morgan fingerprint density at radius 2 is 2.13 bits per heavy atom. The van der Waals surface area contributed by atoms with Gasteiger partial charge >= 0.3 is 0 Å². The van der Waals surface area contributed by atoms with Crippen LogP contribution in [-0.4, -0.2) is 5.78 Å². The highest BCUT2D eigenvalue weighted by molar-refractivity contribution is 5.97. The smallest absolute Gasteiger partial charge is 0.163 e. The Morgan fingerprint density at radius 3 is 2.67 bits per heavy atom. The van der Waals surface area contributed by atoms with Gasteiger partial charge in [0.15, 0.2) is 5.78 Å². The molecule has 0 fully saturated rings. The molecule has 0 saturated carbocycles. The Hall–Kier alpha value is -1.18. The summed E-state index contributed by atoms with van der Waals surface area (Å²) in [5, 5.41) is 0. The minimum absolute atomic E-state index is 0.113. The molecule has 0 aliphatic heterocycles. The highest BCUT2D eigenvalue weighted by Crippen LogP contribution is 2.16. The maximum Gasteiger partial charge on any atom is 0.163 e. The summed E-state index contributed by atoms with van der Waals surface area (Å²) in [6.07, 6.45) is 1.54. The largest absolute Gasteiger partial charge is 0.294 e. The van der Waals surface area contributed by atoms with Crippen molar-refractivity contribution in [2.24, 2.45) is 5.92 Å². The van der Waals surface area contributed by atoms with E-state index in [0.29, 0.717) is 17.9 Å². The number of carbonyl (C=O) groups is 1. The Kier molecular flexibility index (Phi) is 4.01. The van der Waals surface area contributed by atoms with Crippen LogP contribution in [0.5, 0.6) is 0 Å². The summed E-state index contributed by atoms with van der Waals surface area (Å²) in [5.41, 5.74) is 1.38. The van der Waals surface area contributed by atoms with Gasteiger partial charge in [0.2, 0.25) is 0 Å². The van der Waals surface area contributed by atoms with Crippen LogP contribution in [0, 0.1) is 18.7 Å². The van der Waals surface area contributed by atoms with Crippen LogP contribution in [0.15, 0.2) is 18.2 Å². The fourth-order valence-corrected chi connectivity index (χ4v) is 1.51. The number of aryl methyl sites for hydroxylation is 1. The minimum atomic E-state index is -0.285. The zero-order chi connectivity index (χ0) is 11.4. The van der Waals surface area contributed by atoms with Crippen LogP contribution in [0.2, 0.25) is 0 Å². The molecular weight excluding hydrogens is 191 g/mol. The van der Waals surface area contributed by atoms with Crippen molar-refractivity contribution in [3.05, 3.63) is 35.1 Å². The monoisotopic (exact) mass is 208 g/mol. The molecule has 0 saturated heterocycles. The van der Waals surface area contributed by atoms with Gasteiger partial charge in [-0.05, 0) is 36.6 Å². The molecule has 15 heavy (non-hydrogen) atoms. The van der Waals surface area contributed by atoms with Crippen molar-refractivity contribution in [1.82, 2.24) is 0 Å². The average molecular weight is 208 g/mol. The lowest BCUT2D eigenvalue weighted by molar-refractivity contribution is 0.0963. The van der Waals surface area contributed by atoms with Gasteiger partial charge in [-0.2, -0.15) is 0 Å². The molecule has 1 rings (SSSR count). The van der Waals surface area contributed by atoms with E-state index in [9.17, 15) is 9.18 Å². The summed E-state index contributed by atoms with van der Waals surface area (Å²) in [5.74, 6) is 0.219. The third kappa shape index (κ3) is 3.15. The van der Waals surface area contributed by atoms with E-state index >= 15 is 0 Å². The van der Waals surface area contributed by atoms with Crippen LogP contribution in [-0.2, 0) is 0 Å². The number of Topliss-reactive ketones (excluding diaryl/α,β-unsaturated/α-hetero) is 1. The molecular formula is C13H17FO. The van der Waals surface area contributed by atoms with Crippen molar-refractivity contribution >= 4 is 5.78 Å². The number of hydrogen-bond donors (Lipinski definition) is 0. The van der Waals surface area contributed by atoms with E-state index in [1.54, 1.807) is 13.0 Å². The summed E-state index contributed by atoms with van der Waals surface area (Å²) in [6, 6.07) is 4.33. The summed E-state index contributed by atoms with van der Waals surface area (Å²) >= 11 is 0. The highest BCUT2D eigenvalue weighted by Gasteiger charge is 2.12. The summed E-state index contributed by atoms with van der Waals surface area (Å²) in [6.45, 7) is 5.89. The zero-order valence-corrected chi connectivity index (χ0v) is 9.51. The molecule has 0 amide bonds. The normalized spacial score (nSPS) is 12.5. The van der Waals surface area contributed by atoms with Gasteiger partial charge in [-0.15, -0.1) is 0 Å². The third-order valence-electron chi connectivity index (χ3n) is 2.72. The molecule has 1 nitrogen and oxygen atoms in total. The summed E-state index contributed by atoms with van der Waals surface area (Å²) < 4.78 is 12.8. The molecule has 0 aliphatic carbocycles. The fraction of sp³-hybridized carbons (Fsp3) is 0.462. The second-order valence-corrected chi connectivity index (χ2v) is 4.10.